The molecule has 0 aromatic heterocycles. The van der Waals surface area contributed by atoms with Crippen LogP contribution in [0.25, 0.3) is 0 Å². The summed E-state index contributed by atoms with van der Waals surface area (Å²) in [5.74, 6) is 0.100. The molecule has 0 spiro atoms. The molecule has 0 bridgehead atoms. The third kappa shape index (κ3) is 6.31. The Bertz CT molecular complexity index is 810. The molecule has 1 fully saturated rings. The third-order valence-electron chi connectivity index (χ3n) is 4.96. The number of benzene rings is 1. The highest BCUT2D eigenvalue weighted by Gasteiger charge is 2.44. The number of carbonyl (C=O) groups excluding carboxylic acids is 1. The Balaban J connectivity index is 1.94. The molecule has 8 heteroatoms. The summed E-state index contributed by atoms with van der Waals surface area (Å²) in [5.41, 5.74) is -0.855. The van der Waals surface area contributed by atoms with E-state index in [1.807, 2.05) is 31.2 Å². The van der Waals surface area contributed by atoms with Gasteiger partial charge in [0.15, 0.2) is 15.5 Å². The Kier molecular flexibility index (Phi) is 7.22. The number of rotatable bonds is 7. The lowest BCUT2D eigenvalue weighted by molar-refractivity contribution is -0.138. The van der Waals surface area contributed by atoms with Gasteiger partial charge in [-0.2, -0.15) is 0 Å². The van der Waals surface area contributed by atoms with Gasteiger partial charge in [0.1, 0.15) is 5.75 Å². The number of carbonyl (C=O) groups is 1. The number of nitrogens with one attached hydrogen (secondary N) is 1. The maximum Gasteiger partial charge on any atom is 0.258 e. The van der Waals surface area contributed by atoms with Gasteiger partial charge in [-0.05, 0) is 31.5 Å². The van der Waals surface area contributed by atoms with E-state index in [2.05, 4.69) is 10.2 Å². The molecular formula is C20H29FN2O4S. The molecular weight excluding hydrogens is 383 g/mol. The molecule has 3 atom stereocenters. The monoisotopic (exact) mass is 412 g/mol. The van der Waals surface area contributed by atoms with Crippen molar-refractivity contribution in [1.29, 1.82) is 0 Å². The lowest BCUT2D eigenvalue weighted by Crippen LogP contribution is -2.55. The van der Waals surface area contributed by atoms with Gasteiger partial charge >= 0.3 is 0 Å². The molecule has 1 amide bonds. The van der Waals surface area contributed by atoms with Crippen LogP contribution in [0.5, 0.6) is 5.75 Å². The summed E-state index contributed by atoms with van der Waals surface area (Å²) in [5, 5.41) is 3.58. The molecule has 28 heavy (non-hydrogen) atoms. The van der Waals surface area contributed by atoms with Crippen LogP contribution in [0.2, 0.25) is 0 Å². The standard InChI is InChI=1S/C20H29FN2O4S/c1-15(9-12-28(4,25)26)22-19(24)20(21)10-11-23(16(2)13-20)14-17-5-7-18(27-3)8-6-17/h5-9,12,15-16H,10-11,13-14H2,1-4H3,(H,22,24)/b12-9-/t15-,16-,20-/m1/s1. The SMILES string of the molecule is COc1ccc(CN2CC[C@](F)(C(=O)N[C@H](C)/C=C\S(C)(=O)=O)C[C@H]2C)cc1. The maximum atomic E-state index is 15.3. The normalized spacial score (nSPS) is 24.8. The van der Waals surface area contributed by atoms with Crippen molar-refractivity contribution >= 4 is 15.7 Å². The first-order valence-electron chi connectivity index (χ1n) is 9.27. The molecule has 1 saturated heterocycles. The summed E-state index contributed by atoms with van der Waals surface area (Å²) < 4.78 is 42.8. The summed E-state index contributed by atoms with van der Waals surface area (Å²) in [4.78, 5) is 14.6. The van der Waals surface area contributed by atoms with Crippen molar-refractivity contribution in [2.75, 3.05) is 19.9 Å². The van der Waals surface area contributed by atoms with Crippen LogP contribution in [0, 0.1) is 0 Å². The number of alkyl halides is 1. The van der Waals surface area contributed by atoms with Crippen molar-refractivity contribution in [2.24, 2.45) is 0 Å². The first-order chi connectivity index (χ1) is 13.0. The average molecular weight is 413 g/mol. The molecule has 1 aromatic carbocycles. The van der Waals surface area contributed by atoms with Gasteiger partial charge in [-0.3, -0.25) is 9.69 Å². The zero-order chi connectivity index (χ0) is 20.9. The number of nitrogens with zero attached hydrogens (tertiary/aromatic N) is 1. The molecule has 6 nitrogen and oxygen atoms in total. The summed E-state index contributed by atoms with van der Waals surface area (Å²) in [6.07, 6.45) is 2.60. The summed E-state index contributed by atoms with van der Waals surface area (Å²) in [6, 6.07) is 7.07. The Labute approximate surface area is 166 Å². The molecule has 0 radical (unpaired) electrons. The van der Waals surface area contributed by atoms with E-state index in [1.54, 1.807) is 14.0 Å². The van der Waals surface area contributed by atoms with Gasteiger partial charge in [0.05, 0.1) is 7.11 Å². The minimum absolute atomic E-state index is 0.0947. The number of methoxy groups -OCH3 is 1. The molecule has 2 rings (SSSR count). The third-order valence-corrected chi connectivity index (χ3v) is 5.61. The van der Waals surface area contributed by atoms with Crippen molar-refractivity contribution in [2.45, 2.75) is 51.0 Å². The van der Waals surface area contributed by atoms with Crippen molar-refractivity contribution in [1.82, 2.24) is 10.2 Å². The van der Waals surface area contributed by atoms with Crippen LogP contribution in [-0.2, 0) is 21.2 Å². The molecule has 156 valence electrons. The highest BCUT2D eigenvalue weighted by Crippen LogP contribution is 2.32. The van der Waals surface area contributed by atoms with E-state index in [9.17, 15) is 13.2 Å². The van der Waals surface area contributed by atoms with Crippen LogP contribution in [0.15, 0.2) is 35.7 Å². The summed E-state index contributed by atoms with van der Waals surface area (Å²) in [7, 11) is -1.67. The maximum absolute atomic E-state index is 15.3. The highest BCUT2D eigenvalue weighted by molar-refractivity contribution is 7.93. The number of sulfone groups is 1. The van der Waals surface area contributed by atoms with Crippen molar-refractivity contribution in [3.8, 4) is 5.75 Å². The van der Waals surface area contributed by atoms with E-state index in [1.165, 1.54) is 6.08 Å². The summed E-state index contributed by atoms with van der Waals surface area (Å²) in [6.45, 7) is 4.67. The van der Waals surface area contributed by atoms with E-state index in [0.717, 1.165) is 23.0 Å². The minimum atomic E-state index is -3.29. The zero-order valence-electron chi connectivity index (χ0n) is 16.8. The number of hydrogen-bond donors (Lipinski definition) is 1. The Morgan fingerprint density at radius 2 is 2.07 bits per heavy atom. The lowest BCUT2D eigenvalue weighted by atomic mass is 9.87. The molecule has 1 aromatic rings. The van der Waals surface area contributed by atoms with Crippen LogP contribution in [0.4, 0.5) is 4.39 Å². The zero-order valence-corrected chi connectivity index (χ0v) is 17.6. The predicted octanol–water partition coefficient (Wildman–Crippen LogP) is 2.45. The number of amides is 1. The molecule has 0 saturated carbocycles. The minimum Gasteiger partial charge on any atom is -0.497 e. The number of likely N-dealkylation sites (tertiary alicyclic amines) is 1. The Morgan fingerprint density at radius 1 is 1.43 bits per heavy atom. The molecule has 1 heterocycles. The average Bonchev–Trinajstić information content (AvgIpc) is 2.62. The van der Waals surface area contributed by atoms with Crippen molar-refractivity contribution in [3.05, 3.63) is 41.3 Å². The summed E-state index contributed by atoms with van der Waals surface area (Å²) >= 11 is 0. The van der Waals surface area contributed by atoms with Crippen LogP contribution >= 0.6 is 0 Å². The van der Waals surface area contributed by atoms with Crippen LogP contribution in [-0.4, -0.2) is 56.9 Å². The van der Waals surface area contributed by atoms with Gasteiger partial charge in [-0.1, -0.05) is 18.2 Å². The molecule has 1 N–H and O–H groups in total. The first kappa shape index (κ1) is 22.4. The second kappa shape index (κ2) is 9.05. The van der Waals surface area contributed by atoms with Gasteiger partial charge in [0.25, 0.3) is 5.91 Å². The number of ether oxygens (including phenoxy) is 1. The number of piperidine rings is 1. The smallest absolute Gasteiger partial charge is 0.258 e. The fraction of sp³-hybridized carbons (Fsp3) is 0.550. The number of hydrogen-bond acceptors (Lipinski definition) is 5. The van der Waals surface area contributed by atoms with Crippen LogP contribution < -0.4 is 10.1 Å². The second-order valence-corrected chi connectivity index (χ2v) is 9.44. The van der Waals surface area contributed by atoms with Gasteiger partial charge in [-0.15, -0.1) is 0 Å². The molecule has 1 aliphatic rings. The Morgan fingerprint density at radius 3 is 2.61 bits per heavy atom. The van der Waals surface area contributed by atoms with Gasteiger partial charge in [-0.25, -0.2) is 12.8 Å². The fourth-order valence-electron chi connectivity index (χ4n) is 3.29. The van der Waals surface area contributed by atoms with E-state index in [-0.39, 0.29) is 18.9 Å². The van der Waals surface area contributed by atoms with Gasteiger partial charge in [0.2, 0.25) is 0 Å². The highest BCUT2D eigenvalue weighted by atomic mass is 32.2. The van der Waals surface area contributed by atoms with E-state index in [0.29, 0.717) is 13.1 Å². The molecule has 0 aliphatic carbocycles. The van der Waals surface area contributed by atoms with E-state index >= 15 is 4.39 Å². The van der Waals surface area contributed by atoms with Crippen molar-refractivity contribution in [3.63, 3.8) is 0 Å². The molecule has 0 unspecified atom stereocenters. The Hall–Kier alpha value is -1.93. The van der Waals surface area contributed by atoms with Gasteiger partial charge < -0.3 is 10.1 Å². The fourth-order valence-corrected chi connectivity index (χ4v) is 3.81. The topological polar surface area (TPSA) is 75.7 Å². The predicted molar refractivity (Wildman–Crippen MR) is 108 cm³/mol. The van der Waals surface area contributed by atoms with E-state index in [4.69, 9.17) is 4.74 Å². The number of halogens is 1. The van der Waals surface area contributed by atoms with Crippen LogP contribution in [0.3, 0.4) is 0 Å². The first-order valence-corrected chi connectivity index (χ1v) is 11.2. The quantitative estimate of drug-likeness (QED) is 0.745. The lowest BCUT2D eigenvalue weighted by Gasteiger charge is -2.40. The van der Waals surface area contributed by atoms with Crippen LogP contribution in [0.1, 0.15) is 32.3 Å². The second-order valence-electron chi connectivity index (χ2n) is 7.51. The van der Waals surface area contributed by atoms with Gasteiger partial charge in [0, 0.05) is 49.7 Å². The van der Waals surface area contributed by atoms with E-state index < -0.39 is 27.5 Å². The van der Waals surface area contributed by atoms with Crippen molar-refractivity contribution < 1.29 is 22.3 Å². The largest absolute Gasteiger partial charge is 0.497 e. The molecule has 1 aliphatic heterocycles.